The van der Waals surface area contributed by atoms with E-state index in [0.717, 1.165) is 18.2 Å². The van der Waals surface area contributed by atoms with Gasteiger partial charge in [-0.05, 0) is 38.3 Å². The molecule has 1 fully saturated rings. The minimum Gasteiger partial charge on any atom is -0.367 e. The first-order valence-electron chi connectivity index (χ1n) is 5.56. The summed E-state index contributed by atoms with van der Waals surface area (Å²) in [6, 6.07) is 2.41. The molecule has 1 aromatic rings. The maximum atomic E-state index is 5.73. The first kappa shape index (κ1) is 10.4. The highest BCUT2D eigenvalue weighted by Gasteiger charge is 2.25. The molecule has 1 aliphatic rings. The average molecular weight is 206 g/mol. The van der Waals surface area contributed by atoms with E-state index in [-0.39, 0.29) is 0 Å². The van der Waals surface area contributed by atoms with Gasteiger partial charge in [0.15, 0.2) is 0 Å². The van der Waals surface area contributed by atoms with Gasteiger partial charge in [0.25, 0.3) is 0 Å². The second kappa shape index (κ2) is 4.57. The van der Waals surface area contributed by atoms with Crippen molar-refractivity contribution < 1.29 is 0 Å². The Morgan fingerprint density at radius 1 is 1.53 bits per heavy atom. The van der Waals surface area contributed by atoms with Crippen LogP contribution in [0.3, 0.4) is 0 Å². The molecule has 1 aromatic heterocycles. The molecule has 0 amide bonds. The van der Waals surface area contributed by atoms with Crippen LogP contribution in [-0.4, -0.2) is 22.6 Å². The Morgan fingerprint density at radius 2 is 2.40 bits per heavy atom. The third kappa shape index (κ3) is 2.45. The smallest absolute Gasteiger partial charge is 0.129 e. The lowest BCUT2D eigenvalue weighted by Gasteiger charge is -2.19. The van der Waals surface area contributed by atoms with Crippen LogP contribution in [0.25, 0.3) is 0 Å². The van der Waals surface area contributed by atoms with E-state index in [9.17, 15) is 0 Å². The molecule has 1 aliphatic carbocycles. The van der Waals surface area contributed by atoms with Gasteiger partial charge < -0.3 is 11.1 Å². The molecule has 2 atom stereocenters. The van der Waals surface area contributed by atoms with E-state index >= 15 is 0 Å². The summed E-state index contributed by atoms with van der Waals surface area (Å²) < 4.78 is 0. The molecule has 0 radical (unpaired) electrons. The van der Waals surface area contributed by atoms with E-state index in [0.29, 0.717) is 12.0 Å². The van der Waals surface area contributed by atoms with Crippen LogP contribution in [0, 0.1) is 12.8 Å². The third-order valence-electron chi connectivity index (χ3n) is 3.07. The topological polar surface area (TPSA) is 63.8 Å². The van der Waals surface area contributed by atoms with E-state index in [2.05, 4.69) is 15.3 Å². The van der Waals surface area contributed by atoms with Gasteiger partial charge >= 0.3 is 0 Å². The highest BCUT2D eigenvalue weighted by Crippen LogP contribution is 2.27. The minimum absolute atomic E-state index is 0.490. The zero-order valence-electron chi connectivity index (χ0n) is 9.11. The first-order valence-corrected chi connectivity index (χ1v) is 5.56. The molecule has 1 heterocycles. The van der Waals surface area contributed by atoms with Crippen molar-refractivity contribution in [2.45, 2.75) is 32.2 Å². The molecule has 3 N–H and O–H groups in total. The fourth-order valence-corrected chi connectivity index (χ4v) is 2.24. The summed E-state index contributed by atoms with van der Waals surface area (Å²) in [6.07, 6.45) is 5.49. The van der Waals surface area contributed by atoms with E-state index < -0.39 is 0 Å². The van der Waals surface area contributed by atoms with Crippen LogP contribution in [0.2, 0.25) is 0 Å². The summed E-state index contributed by atoms with van der Waals surface area (Å²) in [4.78, 5) is 8.42. The van der Waals surface area contributed by atoms with Crippen molar-refractivity contribution in [2.24, 2.45) is 11.7 Å². The normalized spacial score (nSPS) is 25.5. The fraction of sp³-hybridized carbons (Fsp3) is 0.636. The maximum absolute atomic E-state index is 5.73. The lowest BCUT2D eigenvalue weighted by molar-refractivity contribution is 0.515. The van der Waals surface area contributed by atoms with Crippen molar-refractivity contribution in [3.05, 3.63) is 18.1 Å². The highest BCUT2D eigenvalue weighted by atomic mass is 15.1. The van der Waals surface area contributed by atoms with Gasteiger partial charge in [0, 0.05) is 12.2 Å². The van der Waals surface area contributed by atoms with Crippen molar-refractivity contribution >= 4 is 5.82 Å². The van der Waals surface area contributed by atoms with Crippen LogP contribution in [0.4, 0.5) is 5.82 Å². The minimum atomic E-state index is 0.490. The second-order valence-electron chi connectivity index (χ2n) is 4.17. The molecule has 2 rings (SSSR count). The molecule has 1 saturated carbocycles. The van der Waals surface area contributed by atoms with Gasteiger partial charge in [0.05, 0.1) is 0 Å². The van der Waals surface area contributed by atoms with Crippen LogP contribution < -0.4 is 11.1 Å². The van der Waals surface area contributed by atoms with Crippen LogP contribution >= 0.6 is 0 Å². The zero-order chi connectivity index (χ0) is 10.7. The lowest BCUT2D eigenvalue weighted by Crippen LogP contribution is -2.29. The van der Waals surface area contributed by atoms with Gasteiger partial charge in [0.2, 0.25) is 0 Å². The molecule has 15 heavy (non-hydrogen) atoms. The number of nitrogens with two attached hydrogens (primary N) is 1. The predicted molar refractivity (Wildman–Crippen MR) is 60.6 cm³/mol. The number of nitrogens with one attached hydrogen (secondary N) is 1. The van der Waals surface area contributed by atoms with Gasteiger partial charge in [-0.15, -0.1) is 0 Å². The van der Waals surface area contributed by atoms with Crippen LogP contribution in [0.5, 0.6) is 0 Å². The first-order chi connectivity index (χ1) is 7.29. The predicted octanol–water partition coefficient (Wildman–Crippen LogP) is 1.32. The monoisotopic (exact) mass is 206 g/mol. The van der Waals surface area contributed by atoms with E-state index in [1.807, 2.05) is 13.0 Å². The molecule has 4 nitrogen and oxygen atoms in total. The van der Waals surface area contributed by atoms with E-state index in [1.165, 1.54) is 19.3 Å². The van der Waals surface area contributed by atoms with Crippen molar-refractivity contribution in [1.82, 2.24) is 9.97 Å². The zero-order valence-corrected chi connectivity index (χ0v) is 9.11. The van der Waals surface area contributed by atoms with E-state index in [1.54, 1.807) is 6.20 Å². The van der Waals surface area contributed by atoms with Crippen molar-refractivity contribution in [2.75, 3.05) is 11.9 Å². The Kier molecular flexibility index (Phi) is 3.16. The van der Waals surface area contributed by atoms with Crippen molar-refractivity contribution in [1.29, 1.82) is 0 Å². The number of rotatable bonds is 3. The molecule has 2 unspecified atom stereocenters. The molecule has 0 spiro atoms. The fourth-order valence-electron chi connectivity index (χ4n) is 2.24. The largest absolute Gasteiger partial charge is 0.367 e. The summed E-state index contributed by atoms with van der Waals surface area (Å²) in [5, 5.41) is 3.45. The lowest BCUT2D eigenvalue weighted by atomic mass is 10.0. The summed E-state index contributed by atoms with van der Waals surface area (Å²) in [7, 11) is 0. The standard InChI is InChI=1S/C11H18N4/c1-8-13-6-5-11(14-8)15-10-4-2-3-9(10)7-12/h5-6,9-10H,2-4,7,12H2,1H3,(H,13,14,15). The Balaban J connectivity index is 2.02. The van der Waals surface area contributed by atoms with Gasteiger partial charge in [-0.2, -0.15) is 0 Å². The number of nitrogens with zero attached hydrogens (tertiary/aromatic N) is 2. The Labute approximate surface area is 90.3 Å². The molecular formula is C11H18N4. The molecular weight excluding hydrogens is 188 g/mol. The number of anilines is 1. The third-order valence-corrected chi connectivity index (χ3v) is 3.07. The van der Waals surface area contributed by atoms with Gasteiger partial charge in [0.1, 0.15) is 11.6 Å². The van der Waals surface area contributed by atoms with Crippen molar-refractivity contribution in [3.63, 3.8) is 0 Å². The Bertz CT molecular complexity index is 326. The molecule has 4 heteroatoms. The van der Waals surface area contributed by atoms with Gasteiger partial charge in [-0.1, -0.05) is 6.42 Å². The maximum Gasteiger partial charge on any atom is 0.129 e. The molecule has 0 aliphatic heterocycles. The number of hydrogen-bond acceptors (Lipinski definition) is 4. The number of hydrogen-bond donors (Lipinski definition) is 2. The Hall–Kier alpha value is -1.16. The van der Waals surface area contributed by atoms with Gasteiger partial charge in [-0.25, -0.2) is 9.97 Å². The molecule has 82 valence electrons. The number of aryl methyl sites for hydroxylation is 1. The Morgan fingerprint density at radius 3 is 3.13 bits per heavy atom. The summed E-state index contributed by atoms with van der Waals surface area (Å²) >= 11 is 0. The van der Waals surface area contributed by atoms with Crippen LogP contribution in [0.1, 0.15) is 25.1 Å². The van der Waals surface area contributed by atoms with Crippen molar-refractivity contribution in [3.8, 4) is 0 Å². The summed E-state index contributed by atoms with van der Waals surface area (Å²) in [5.74, 6) is 2.33. The highest BCUT2D eigenvalue weighted by molar-refractivity contribution is 5.34. The second-order valence-corrected chi connectivity index (χ2v) is 4.17. The van der Waals surface area contributed by atoms with Gasteiger partial charge in [-0.3, -0.25) is 0 Å². The summed E-state index contributed by atoms with van der Waals surface area (Å²) in [6.45, 7) is 2.67. The van der Waals surface area contributed by atoms with Crippen LogP contribution in [0.15, 0.2) is 12.3 Å². The van der Waals surface area contributed by atoms with Crippen LogP contribution in [-0.2, 0) is 0 Å². The molecule has 0 aromatic carbocycles. The average Bonchev–Trinajstić information content (AvgIpc) is 2.65. The SMILES string of the molecule is Cc1nccc(NC2CCCC2CN)n1. The quantitative estimate of drug-likeness (QED) is 0.783. The molecule has 0 bridgehead atoms. The molecule has 0 saturated heterocycles. The van der Waals surface area contributed by atoms with E-state index in [4.69, 9.17) is 5.73 Å². The number of aromatic nitrogens is 2. The summed E-state index contributed by atoms with van der Waals surface area (Å²) in [5.41, 5.74) is 5.73.